The molecule has 5 rings (SSSR count). The molecule has 1 aromatic heterocycles. The molecule has 4 saturated carbocycles. The summed E-state index contributed by atoms with van der Waals surface area (Å²) in [5.41, 5.74) is -0.642. The quantitative estimate of drug-likeness (QED) is 0.205. The first-order chi connectivity index (χ1) is 20.9. The van der Waals surface area contributed by atoms with Crippen molar-refractivity contribution in [1.82, 2.24) is 10.3 Å². The van der Waals surface area contributed by atoms with Crippen molar-refractivity contribution in [2.24, 2.45) is 34.0 Å². The summed E-state index contributed by atoms with van der Waals surface area (Å²) in [6, 6.07) is 0.421. The van der Waals surface area contributed by atoms with Gasteiger partial charge in [-0.1, -0.05) is 53.0 Å². The van der Waals surface area contributed by atoms with Crippen LogP contribution < -0.4 is 10.6 Å². The largest absolute Gasteiger partial charge is 0.461 e. The Hall–Kier alpha value is -1.75. The molecule has 4 aliphatic rings. The predicted octanol–water partition coefficient (Wildman–Crippen LogP) is 6.14. The first kappa shape index (κ1) is 33.6. The minimum absolute atomic E-state index is 0.0538. The third kappa shape index (κ3) is 6.42. The highest BCUT2D eigenvalue weighted by Gasteiger charge is 2.68. The number of aromatic nitrogens is 1. The van der Waals surface area contributed by atoms with Crippen LogP contribution >= 0.6 is 23.1 Å². The van der Waals surface area contributed by atoms with Crippen LogP contribution in [0.4, 0.5) is 5.13 Å². The molecule has 1 aromatic rings. The number of ketones is 1. The Labute approximate surface area is 271 Å². The number of rotatable bonds is 10. The number of hydrogen-bond donors (Lipinski definition) is 3. The van der Waals surface area contributed by atoms with Crippen LogP contribution in [0.15, 0.2) is 18.0 Å². The molecule has 2 bridgehead atoms. The Morgan fingerprint density at radius 3 is 2.68 bits per heavy atom. The molecule has 10 heteroatoms. The van der Waals surface area contributed by atoms with E-state index in [-0.39, 0.29) is 53.1 Å². The SMILES string of the molecule is C=C[C@]1(C)C[C@@H](OC(=O)CSCc2csc(NC(=O)CNC3CCCCC3)n2)[C@]2(C)[C@H](C)CC[C@]3(CCC(=O)[C@@H]32)[C@@H](C)[C@@H]1O. The Morgan fingerprint density at radius 2 is 1.95 bits per heavy atom. The molecule has 0 saturated heterocycles. The number of nitrogens with one attached hydrogen (secondary N) is 2. The highest BCUT2D eigenvalue weighted by molar-refractivity contribution is 7.99. The van der Waals surface area contributed by atoms with Gasteiger partial charge in [0.15, 0.2) is 5.13 Å². The maximum atomic E-state index is 13.6. The lowest BCUT2D eigenvalue weighted by atomic mass is 9.44. The molecule has 1 heterocycles. The number of nitrogens with zero attached hydrogens (tertiary/aromatic N) is 1. The lowest BCUT2D eigenvalue weighted by Gasteiger charge is -2.61. The van der Waals surface area contributed by atoms with Gasteiger partial charge < -0.3 is 20.5 Å². The number of amides is 1. The molecule has 4 aliphatic carbocycles. The number of carbonyl (C=O) groups is 3. The van der Waals surface area contributed by atoms with Gasteiger partial charge in [-0.25, -0.2) is 4.98 Å². The Bertz CT molecular complexity index is 1230. The smallest absolute Gasteiger partial charge is 0.316 e. The Balaban J connectivity index is 1.20. The number of Topliss-reactive ketones (excluding diaryl/α,β-unsaturated/α-hetero) is 1. The van der Waals surface area contributed by atoms with Gasteiger partial charge in [0.05, 0.1) is 24.1 Å². The number of thioether (sulfide) groups is 1. The molecular formula is C34H51N3O5S2. The lowest BCUT2D eigenvalue weighted by molar-refractivity contribution is -0.205. The summed E-state index contributed by atoms with van der Waals surface area (Å²) in [5, 5.41) is 20.4. The van der Waals surface area contributed by atoms with E-state index < -0.39 is 23.0 Å². The zero-order valence-electron chi connectivity index (χ0n) is 26.9. The third-order valence-electron chi connectivity index (χ3n) is 12.0. The van der Waals surface area contributed by atoms with Gasteiger partial charge in [0.1, 0.15) is 11.9 Å². The number of aliphatic hydroxyl groups excluding tert-OH is 1. The van der Waals surface area contributed by atoms with Crippen molar-refractivity contribution < 1.29 is 24.2 Å². The molecule has 0 aromatic carbocycles. The van der Waals surface area contributed by atoms with Crippen LogP contribution in [0.2, 0.25) is 0 Å². The standard InChI is InChI=1S/C34H51N3O5S2/c1-6-32(4)16-26(33(5)21(2)12-14-34(22(3)30(32)41)15-13-25(38)29(33)34)42-28(40)20-43-18-24-19-44-31(36-24)37-27(39)17-35-23-10-8-7-9-11-23/h6,19,21-23,26,29-30,35,41H,1,7-18,20H2,2-5H3,(H,36,37,39)/t21-,22+,26-,29-,30+,32-,33+,34+/m1/s1. The molecule has 8 nitrogen and oxygen atoms in total. The van der Waals surface area contributed by atoms with E-state index >= 15 is 0 Å². The van der Waals surface area contributed by atoms with Crippen molar-refractivity contribution in [1.29, 1.82) is 0 Å². The number of carbonyl (C=O) groups excluding carboxylic acids is 3. The molecule has 0 aliphatic heterocycles. The Kier molecular flexibility index (Phi) is 10.3. The second kappa shape index (κ2) is 13.5. The molecule has 0 unspecified atom stereocenters. The van der Waals surface area contributed by atoms with E-state index in [1.54, 1.807) is 0 Å². The maximum Gasteiger partial charge on any atom is 0.316 e. The molecule has 244 valence electrons. The third-order valence-corrected chi connectivity index (χ3v) is 13.7. The number of anilines is 1. The monoisotopic (exact) mass is 645 g/mol. The van der Waals surface area contributed by atoms with E-state index in [1.165, 1.54) is 42.4 Å². The number of esters is 1. The van der Waals surface area contributed by atoms with Crippen LogP contribution in [-0.4, -0.2) is 58.3 Å². The number of thiazole rings is 1. The van der Waals surface area contributed by atoms with Crippen molar-refractivity contribution in [3.63, 3.8) is 0 Å². The van der Waals surface area contributed by atoms with Gasteiger partial charge in [0, 0.05) is 40.3 Å². The van der Waals surface area contributed by atoms with Crippen molar-refractivity contribution in [3.05, 3.63) is 23.7 Å². The van der Waals surface area contributed by atoms with E-state index in [0.717, 1.165) is 37.8 Å². The summed E-state index contributed by atoms with van der Waals surface area (Å²) >= 11 is 2.82. The van der Waals surface area contributed by atoms with Gasteiger partial charge in [0.25, 0.3) is 0 Å². The second-order valence-corrected chi connectivity index (χ2v) is 16.3. The van der Waals surface area contributed by atoms with E-state index in [9.17, 15) is 19.5 Å². The maximum absolute atomic E-state index is 13.6. The van der Waals surface area contributed by atoms with Crippen molar-refractivity contribution >= 4 is 45.9 Å². The van der Waals surface area contributed by atoms with Crippen LogP contribution in [0.1, 0.15) is 97.6 Å². The van der Waals surface area contributed by atoms with Gasteiger partial charge in [-0.3, -0.25) is 14.4 Å². The van der Waals surface area contributed by atoms with Gasteiger partial charge >= 0.3 is 5.97 Å². The summed E-state index contributed by atoms with van der Waals surface area (Å²) in [5.74, 6) is 0.434. The van der Waals surface area contributed by atoms with Crippen LogP contribution in [0, 0.1) is 34.0 Å². The van der Waals surface area contributed by atoms with Crippen LogP contribution in [0.5, 0.6) is 0 Å². The number of ether oxygens (including phenoxy) is 1. The van der Waals surface area contributed by atoms with Gasteiger partial charge in [-0.2, -0.15) is 0 Å². The van der Waals surface area contributed by atoms with Crippen molar-refractivity contribution in [2.45, 2.75) is 116 Å². The first-order valence-electron chi connectivity index (χ1n) is 16.5. The minimum Gasteiger partial charge on any atom is -0.461 e. The summed E-state index contributed by atoms with van der Waals surface area (Å²) in [4.78, 5) is 43.9. The lowest BCUT2D eigenvalue weighted by Crippen LogP contribution is -2.63. The molecule has 0 spiro atoms. The minimum atomic E-state index is -0.677. The van der Waals surface area contributed by atoms with Crippen molar-refractivity contribution in [3.8, 4) is 0 Å². The Morgan fingerprint density at radius 1 is 1.20 bits per heavy atom. The highest BCUT2D eigenvalue weighted by Crippen LogP contribution is 2.68. The molecule has 4 fully saturated rings. The number of hydrogen-bond acceptors (Lipinski definition) is 9. The summed E-state index contributed by atoms with van der Waals surface area (Å²) < 4.78 is 6.34. The molecular weight excluding hydrogens is 595 g/mol. The topological polar surface area (TPSA) is 118 Å². The second-order valence-electron chi connectivity index (χ2n) is 14.5. The zero-order chi connectivity index (χ0) is 31.7. The fourth-order valence-electron chi connectivity index (χ4n) is 9.07. The van der Waals surface area contributed by atoms with E-state index in [4.69, 9.17) is 4.74 Å². The molecule has 8 atom stereocenters. The van der Waals surface area contributed by atoms with E-state index in [1.807, 2.05) is 18.4 Å². The van der Waals surface area contributed by atoms with E-state index in [0.29, 0.717) is 29.8 Å². The average molecular weight is 646 g/mol. The van der Waals surface area contributed by atoms with Gasteiger partial charge in [0.2, 0.25) is 5.91 Å². The molecule has 0 radical (unpaired) electrons. The highest BCUT2D eigenvalue weighted by atomic mass is 32.2. The van der Waals surface area contributed by atoms with E-state index in [2.05, 4.69) is 43.0 Å². The fraction of sp³-hybridized carbons (Fsp3) is 0.765. The number of aliphatic hydroxyl groups is 1. The first-order valence-corrected chi connectivity index (χ1v) is 18.6. The van der Waals surface area contributed by atoms with Crippen molar-refractivity contribution in [2.75, 3.05) is 17.6 Å². The normalized spacial score (nSPS) is 37.5. The summed E-state index contributed by atoms with van der Waals surface area (Å²) in [7, 11) is 0. The zero-order valence-corrected chi connectivity index (χ0v) is 28.5. The van der Waals surface area contributed by atoms with Gasteiger partial charge in [-0.05, 0) is 55.8 Å². The molecule has 44 heavy (non-hydrogen) atoms. The predicted molar refractivity (Wildman–Crippen MR) is 176 cm³/mol. The fourth-order valence-corrected chi connectivity index (χ4v) is 10.6. The van der Waals surface area contributed by atoms with Gasteiger partial charge in [-0.15, -0.1) is 29.7 Å². The molecule has 1 amide bonds. The molecule has 3 N–H and O–H groups in total. The summed E-state index contributed by atoms with van der Waals surface area (Å²) in [6.07, 6.45) is 10.2. The summed E-state index contributed by atoms with van der Waals surface area (Å²) in [6.45, 7) is 12.9. The van der Waals surface area contributed by atoms with Crippen LogP contribution in [0.25, 0.3) is 0 Å². The average Bonchev–Trinajstić information content (AvgIpc) is 3.61. The van der Waals surface area contributed by atoms with Crippen LogP contribution in [0.3, 0.4) is 0 Å². The van der Waals surface area contributed by atoms with Crippen LogP contribution in [-0.2, 0) is 24.9 Å².